The van der Waals surface area contributed by atoms with Crippen LogP contribution in [0.5, 0.6) is 0 Å². The third-order valence-corrected chi connectivity index (χ3v) is 6.04. The third kappa shape index (κ3) is 3.64. The number of likely N-dealkylation sites (tertiary alicyclic amines) is 1. The summed E-state index contributed by atoms with van der Waals surface area (Å²) in [5.74, 6) is 1.17. The average molecular weight is 372 g/mol. The SMILES string of the molecule is O=C1CSc2ccc(C(=O)NC[C@H](c3ccco3)[NH+]3CCCC3)cc2N1. The molecule has 1 aromatic carbocycles. The average Bonchev–Trinajstić information content (AvgIpc) is 3.35. The Kier molecular flexibility index (Phi) is 4.99. The number of furan rings is 1. The Balaban J connectivity index is 1.45. The number of carbonyl (C=O) groups is 2. The quantitative estimate of drug-likeness (QED) is 0.743. The molecule has 3 N–H and O–H groups in total. The molecule has 0 radical (unpaired) electrons. The molecule has 0 spiro atoms. The van der Waals surface area contributed by atoms with Gasteiger partial charge in [0.15, 0.2) is 11.8 Å². The number of amides is 2. The summed E-state index contributed by atoms with van der Waals surface area (Å²) >= 11 is 1.49. The molecule has 2 aromatic rings. The Morgan fingerprint density at radius 2 is 2.15 bits per heavy atom. The lowest BCUT2D eigenvalue weighted by molar-refractivity contribution is -0.919. The number of benzene rings is 1. The Hall–Kier alpha value is -2.25. The maximum atomic E-state index is 12.6. The van der Waals surface area contributed by atoms with E-state index in [9.17, 15) is 9.59 Å². The van der Waals surface area contributed by atoms with Gasteiger partial charge in [-0.15, -0.1) is 11.8 Å². The van der Waals surface area contributed by atoms with Crippen LogP contribution in [0, 0.1) is 0 Å². The van der Waals surface area contributed by atoms with Crippen molar-refractivity contribution >= 4 is 29.3 Å². The van der Waals surface area contributed by atoms with E-state index in [-0.39, 0.29) is 17.9 Å². The van der Waals surface area contributed by atoms with Gasteiger partial charge in [-0.1, -0.05) is 0 Å². The monoisotopic (exact) mass is 372 g/mol. The number of hydrogen-bond acceptors (Lipinski definition) is 4. The van der Waals surface area contributed by atoms with Crippen LogP contribution in [-0.4, -0.2) is 37.2 Å². The van der Waals surface area contributed by atoms with Crippen LogP contribution < -0.4 is 15.5 Å². The molecule has 3 heterocycles. The van der Waals surface area contributed by atoms with Gasteiger partial charge in [0.1, 0.15) is 0 Å². The summed E-state index contributed by atoms with van der Waals surface area (Å²) < 4.78 is 5.61. The number of thioether (sulfide) groups is 1. The number of quaternary nitrogens is 1. The van der Waals surface area contributed by atoms with Crippen molar-refractivity contribution in [2.75, 3.05) is 30.7 Å². The normalized spacial score (nSPS) is 18.2. The van der Waals surface area contributed by atoms with E-state index in [0.717, 1.165) is 23.7 Å². The van der Waals surface area contributed by atoms with E-state index in [1.165, 1.54) is 29.5 Å². The van der Waals surface area contributed by atoms with Gasteiger partial charge in [0.05, 0.1) is 37.3 Å². The second-order valence-electron chi connectivity index (χ2n) is 6.69. The molecule has 26 heavy (non-hydrogen) atoms. The van der Waals surface area contributed by atoms with Crippen LogP contribution in [0.2, 0.25) is 0 Å². The largest absolute Gasteiger partial charge is 0.463 e. The molecular weight excluding hydrogens is 350 g/mol. The number of fused-ring (bicyclic) bond motifs is 1. The molecule has 0 bridgehead atoms. The lowest BCUT2D eigenvalue weighted by Crippen LogP contribution is -3.11. The van der Waals surface area contributed by atoms with Gasteiger partial charge >= 0.3 is 0 Å². The van der Waals surface area contributed by atoms with Gasteiger partial charge in [-0.25, -0.2) is 0 Å². The summed E-state index contributed by atoms with van der Waals surface area (Å²) in [7, 11) is 0. The van der Waals surface area contributed by atoms with E-state index in [1.807, 2.05) is 24.3 Å². The maximum absolute atomic E-state index is 12.6. The zero-order valence-corrected chi connectivity index (χ0v) is 15.2. The van der Waals surface area contributed by atoms with E-state index in [4.69, 9.17) is 4.42 Å². The topological polar surface area (TPSA) is 75.8 Å². The van der Waals surface area contributed by atoms with Crippen molar-refractivity contribution in [1.82, 2.24) is 5.32 Å². The molecule has 1 fully saturated rings. The van der Waals surface area contributed by atoms with Crippen LogP contribution in [0.3, 0.4) is 0 Å². The van der Waals surface area contributed by atoms with Gasteiger partial charge in [0, 0.05) is 23.3 Å². The fraction of sp³-hybridized carbons (Fsp3) is 0.368. The zero-order chi connectivity index (χ0) is 17.9. The number of rotatable bonds is 5. The molecule has 4 rings (SSSR count). The fourth-order valence-corrected chi connectivity index (χ4v) is 4.42. The van der Waals surface area contributed by atoms with E-state index in [1.54, 1.807) is 12.3 Å². The van der Waals surface area contributed by atoms with Gasteiger partial charge < -0.3 is 20.0 Å². The van der Waals surface area contributed by atoms with Gasteiger partial charge in [0.2, 0.25) is 5.91 Å². The fourth-order valence-electron chi connectivity index (χ4n) is 3.63. The predicted octanol–water partition coefficient (Wildman–Crippen LogP) is 1.47. The summed E-state index contributed by atoms with van der Waals surface area (Å²) in [5, 5.41) is 5.87. The lowest BCUT2D eigenvalue weighted by atomic mass is 10.1. The minimum atomic E-state index is -0.132. The first-order valence-electron chi connectivity index (χ1n) is 8.93. The Bertz CT molecular complexity index is 800. The molecular formula is C19H22N3O3S+. The second kappa shape index (κ2) is 7.55. The van der Waals surface area contributed by atoms with Crippen LogP contribution in [0.1, 0.15) is 35.0 Å². The molecule has 0 saturated carbocycles. The number of hydrogen-bond donors (Lipinski definition) is 3. The molecule has 1 saturated heterocycles. The Morgan fingerprint density at radius 3 is 2.92 bits per heavy atom. The highest BCUT2D eigenvalue weighted by Crippen LogP contribution is 2.31. The first kappa shape index (κ1) is 17.2. The molecule has 7 heteroatoms. The van der Waals surface area contributed by atoms with Crippen molar-refractivity contribution in [2.45, 2.75) is 23.8 Å². The van der Waals surface area contributed by atoms with E-state index in [0.29, 0.717) is 23.5 Å². The first-order chi connectivity index (χ1) is 12.7. The predicted molar refractivity (Wildman–Crippen MR) is 99.5 cm³/mol. The molecule has 2 amide bonds. The standard InChI is InChI=1S/C19H21N3O3S/c23-18-12-26-17-6-5-13(10-14(17)21-18)19(24)20-11-15(16-4-3-9-25-16)22-7-1-2-8-22/h3-6,9-10,15H,1-2,7-8,11-12H2,(H,20,24)(H,21,23)/p+1/t15-/m1/s1. The first-order valence-corrected chi connectivity index (χ1v) is 9.92. The van der Waals surface area contributed by atoms with Gasteiger partial charge in [-0.3, -0.25) is 9.59 Å². The van der Waals surface area contributed by atoms with Crippen LogP contribution in [0.15, 0.2) is 45.9 Å². The van der Waals surface area contributed by atoms with Gasteiger partial charge in [-0.2, -0.15) is 0 Å². The van der Waals surface area contributed by atoms with Crippen molar-refractivity contribution in [3.8, 4) is 0 Å². The summed E-state index contributed by atoms with van der Waals surface area (Å²) in [6.45, 7) is 2.73. The third-order valence-electron chi connectivity index (χ3n) is 4.97. The molecule has 1 atom stereocenters. The highest BCUT2D eigenvalue weighted by atomic mass is 32.2. The van der Waals surface area contributed by atoms with E-state index < -0.39 is 0 Å². The zero-order valence-electron chi connectivity index (χ0n) is 14.4. The summed E-state index contributed by atoms with van der Waals surface area (Å²) in [5.41, 5.74) is 1.27. The number of nitrogens with one attached hydrogen (secondary N) is 3. The molecule has 0 aliphatic carbocycles. The summed E-state index contributed by atoms with van der Waals surface area (Å²) in [4.78, 5) is 26.6. The lowest BCUT2D eigenvalue weighted by Gasteiger charge is -2.23. The molecule has 6 nitrogen and oxygen atoms in total. The molecule has 2 aliphatic rings. The molecule has 1 aromatic heterocycles. The highest BCUT2D eigenvalue weighted by molar-refractivity contribution is 8.00. The van der Waals surface area contributed by atoms with Gasteiger partial charge in [0.25, 0.3) is 5.91 Å². The van der Waals surface area contributed by atoms with Gasteiger partial charge in [-0.05, 0) is 30.3 Å². The minimum Gasteiger partial charge on any atom is -0.463 e. The highest BCUT2D eigenvalue weighted by Gasteiger charge is 2.30. The van der Waals surface area contributed by atoms with Crippen molar-refractivity contribution in [1.29, 1.82) is 0 Å². The molecule has 2 aliphatic heterocycles. The molecule has 0 unspecified atom stereocenters. The summed E-state index contributed by atoms with van der Waals surface area (Å²) in [6, 6.07) is 9.45. The second-order valence-corrected chi connectivity index (χ2v) is 7.71. The van der Waals surface area contributed by atoms with E-state index in [2.05, 4.69) is 10.6 Å². The molecule has 136 valence electrons. The van der Waals surface area contributed by atoms with Crippen LogP contribution in [0.4, 0.5) is 5.69 Å². The van der Waals surface area contributed by atoms with Crippen LogP contribution >= 0.6 is 11.8 Å². The van der Waals surface area contributed by atoms with Crippen molar-refractivity contribution in [3.63, 3.8) is 0 Å². The minimum absolute atomic E-state index is 0.0319. The Morgan fingerprint density at radius 1 is 1.31 bits per heavy atom. The van der Waals surface area contributed by atoms with Crippen molar-refractivity contribution in [3.05, 3.63) is 47.9 Å². The Labute approximate surface area is 156 Å². The number of carbonyl (C=O) groups excluding carboxylic acids is 2. The smallest absolute Gasteiger partial charge is 0.251 e. The number of anilines is 1. The van der Waals surface area contributed by atoms with Crippen LogP contribution in [-0.2, 0) is 4.79 Å². The summed E-state index contributed by atoms with van der Waals surface area (Å²) in [6.07, 6.45) is 4.11. The van der Waals surface area contributed by atoms with Crippen molar-refractivity contribution < 1.29 is 18.9 Å². The van der Waals surface area contributed by atoms with Crippen LogP contribution in [0.25, 0.3) is 0 Å². The maximum Gasteiger partial charge on any atom is 0.251 e. The van der Waals surface area contributed by atoms with E-state index >= 15 is 0 Å². The van der Waals surface area contributed by atoms with Crippen molar-refractivity contribution in [2.24, 2.45) is 0 Å².